The van der Waals surface area contributed by atoms with Gasteiger partial charge in [-0.25, -0.2) is 0 Å². The van der Waals surface area contributed by atoms with Gasteiger partial charge < -0.3 is 14.4 Å². The van der Waals surface area contributed by atoms with Crippen LogP contribution in [0.25, 0.3) is 0 Å². The minimum atomic E-state index is -0.600. The summed E-state index contributed by atoms with van der Waals surface area (Å²) in [6.45, 7) is 6.60. The van der Waals surface area contributed by atoms with E-state index in [9.17, 15) is 9.90 Å². The highest BCUT2D eigenvalue weighted by Gasteiger charge is 2.25. The van der Waals surface area contributed by atoms with Crippen LogP contribution in [0, 0.1) is 0 Å². The molecule has 0 aromatic carbocycles. The Hall–Kier alpha value is -2.12. The van der Waals surface area contributed by atoms with Crippen molar-refractivity contribution in [1.82, 2.24) is 19.6 Å². The van der Waals surface area contributed by atoms with Crippen LogP contribution in [0.15, 0.2) is 22.6 Å². The number of likely N-dealkylation sites (tertiary alicyclic amines) is 1. The summed E-state index contributed by atoms with van der Waals surface area (Å²) in [5.41, 5.74) is 1.61. The van der Waals surface area contributed by atoms with Gasteiger partial charge in [-0.3, -0.25) is 14.4 Å². The molecule has 0 radical (unpaired) electrons. The summed E-state index contributed by atoms with van der Waals surface area (Å²) in [5.74, 6) is 1.18. The van der Waals surface area contributed by atoms with Crippen LogP contribution in [0.4, 0.5) is 0 Å². The predicted molar refractivity (Wildman–Crippen MR) is 95.4 cm³/mol. The molecule has 1 fully saturated rings. The average molecular weight is 358 g/mol. The van der Waals surface area contributed by atoms with Crippen molar-refractivity contribution in [3.8, 4) is 0 Å². The number of aryl methyl sites for hydroxylation is 1. The normalized spacial score (nSPS) is 19.4. The van der Waals surface area contributed by atoms with Crippen molar-refractivity contribution in [2.75, 3.05) is 19.6 Å². The van der Waals surface area contributed by atoms with E-state index in [1.54, 1.807) is 13.0 Å². The predicted octanol–water partition coefficient (Wildman–Crippen LogP) is 2.17. The highest BCUT2D eigenvalue weighted by atomic mass is 16.4. The smallest absolute Gasteiger partial charge is 0.289 e. The maximum Gasteiger partial charge on any atom is 0.289 e. The number of fused-ring (bicyclic) bond motifs is 1. The van der Waals surface area contributed by atoms with E-state index in [2.05, 4.69) is 10.00 Å². The molecule has 140 valence electrons. The number of hydrogen-bond acceptors (Lipinski definition) is 5. The van der Waals surface area contributed by atoms with E-state index in [-0.39, 0.29) is 5.91 Å². The lowest BCUT2D eigenvalue weighted by molar-refractivity contribution is 0.0710. The molecule has 2 aliphatic rings. The first-order chi connectivity index (χ1) is 12.6. The number of rotatable bonds is 4. The van der Waals surface area contributed by atoms with E-state index < -0.39 is 6.10 Å². The van der Waals surface area contributed by atoms with Gasteiger partial charge in [0, 0.05) is 13.1 Å². The van der Waals surface area contributed by atoms with E-state index in [1.807, 2.05) is 21.7 Å². The van der Waals surface area contributed by atoms with Crippen LogP contribution in [0.1, 0.15) is 60.0 Å². The summed E-state index contributed by atoms with van der Waals surface area (Å²) in [4.78, 5) is 17.1. The van der Waals surface area contributed by atoms with Crippen molar-refractivity contribution in [1.29, 1.82) is 0 Å². The Morgan fingerprint density at radius 1 is 1.23 bits per heavy atom. The molecule has 0 saturated carbocycles. The number of nitrogens with zero attached hydrogens (tertiary/aromatic N) is 4. The molecule has 7 nitrogen and oxygen atoms in total. The summed E-state index contributed by atoms with van der Waals surface area (Å²) >= 11 is 0. The lowest BCUT2D eigenvalue weighted by Gasteiger charge is -2.18. The van der Waals surface area contributed by atoms with Crippen LogP contribution in [0.3, 0.4) is 0 Å². The zero-order chi connectivity index (χ0) is 18.1. The van der Waals surface area contributed by atoms with Gasteiger partial charge in [0.05, 0.1) is 30.6 Å². The molecule has 26 heavy (non-hydrogen) atoms. The maximum absolute atomic E-state index is 12.9. The van der Waals surface area contributed by atoms with Crippen LogP contribution >= 0.6 is 0 Å². The molecule has 1 atom stereocenters. The molecule has 1 N–H and O–H groups in total. The molecule has 1 unspecified atom stereocenters. The number of furan rings is 1. The first-order valence-corrected chi connectivity index (χ1v) is 9.45. The van der Waals surface area contributed by atoms with E-state index in [0.717, 1.165) is 44.1 Å². The molecule has 1 amide bonds. The number of aliphatic hydroxyl groups excluding tert-OH is 1. The molecule has 0 spiro atoms. The van der Waals surface area contributed by atoms with Gasteiger partial charge in [-0.1, -0.05) is 0 Å². The molecule has 2 aromatic rings. The van der Waals surface area contributed by atoms with Crippen molar-refractivity contribution in [2.24, 2.45) is 0 Å². The Labute approximate surface area is 153 Å². The van der Waals surface area contributed by atoms with Crippen molar-refractivity contribution in [2.45, 2.75) is 51.9 Å². The monoisotopic (exact) mass is 358 g/mol. The van der Waals surface area contributed by atoms with Crippen molar-refractivity contribution in [3.63, 3.8) is 0 Å². The van der Waals surface area contributed by atoms with Gasteiger partial charge in [0.1, 0.15) is 5.76 Å². The Morgan fingerprint density at radius 2 is 2.04 bits per heavy atom. The van der Waals surface area contributed by atoms with Crippen molar-refractivity contribution >= 4 is 5.91 Å². The second-order valence-electron chi connectivity index (χ2n) is 7.29. The maximum atomic E-state index is 12.9. The zero-order valence-electron chi connectivity index (χ0n) is 15.2. The highest BCUT2D eigenvalue weighted by Crippen LogP contribution is 2.21. The molecule has 0 bridgehead atoms. The summed E-state index contributed by atoms with van der Waals surface area (Å²) in [7, 11) is 0. The largest absolute Gasteiger partial charge is 0.455 e. The second kappa shape index (κ2) is 7.25. The first-order valence-electron chi connectivity index (χ1n) is 9.45. The van der Waals surface area contributed by atoms with Crippen LogP contribution in [0.2, 0.25) is 0 Å². The van der Waals surface area contributed by atoms with Gasteiger partial charge in [-0.15, -0.1) is 0 Å². The minimum Gasteiger partial charge on any atom is -0.455 e. The molecule has 4 rings (SSSR count). The Kier molecular flexibility index (Phi) is 4.82. The molecule has 0 aliphatic carbocycles. The number of amides is 1. The standard InChI is InChI=1S/C19H26N4O3/c1-14(24)17-11-15-12-22(9-4-10-23(15)20-17)19(25)18-6-5-16(26-18)13-21-7-2-3-8-21/h5-6,11,14,24H,2-4,7-10,12-13H2,1H3. The third-order valence-electron chi connectivity index (χ3n) is 5.20. The van der Waals surface area contributed by atoms with Gasteiger partial charge >= 0.3 is 0 Å². The second-order valence-corrected chi connectivity index (χ2v) is 7.29. The third kappa shape index (κ3) is 3.54. The SMILES string of the molecule is CC(O)c1cc2n(n1)CCCN(C(=O)c1ccc(CN3CCCC3)o1)C2. The quantitative estimate of drug-likeness (QED) is 0.907. The molecule has 7 heteroatoms. The summed E-state index contributed by atoms with van der Waals surface area (Å²) in [6, 6.07) is 5.59. The number of hydrogen-bond donors (Lipinski definition) is 1. The van der Waals surface area contributed by atoms with E-state index in [1.165, 1.54) is 12.8 Å². The van der Waals surface area contributed by atoms with E-state index >= 15 is 0 Å². The van der Waals surface area contributed by atoms with Gasteiger partial charge in [-0.05, 0) is 57.5 Å². The molecule has 1 saturated heterocycles. The molecule has 4 heterocycles. The topological polar surface area (TPSA) is 74.7 Å². The molecule has 2 aliphatic heterocycles. The van der Waals surface area contributed by atoms with Gasteiger partial charge in [0.15, 0.2) is 5.76 Å². The average Bonchev–Trinajstić information content (AvgIpc) is 3.34. The summed E-state index contributed by atoms with van der Waals surface area (Å²) in [6.07, 6.45) is 2.71. The molecular formula is C19H26N4O3. The lowest BCUT2D eigenvalue weighted by Crippen LogP contribution is -2.30. The first kappa shape index (κ1) is 17.3. The number of carbonyl (C=O) groups is 1. The highest BCUT2D eigenvalue weighted by molar-refractivity contribution is 5.91. The van der Waals surface area contributed by atoms with Gasteiger partial charge in [-0.2, -0.15) is 5.10 Å². The number of aromatic nitrogens is 2. The van der Waals surface area contributed by atoms with Crippen molar-refractivity contribution in [3.05, 3.63) is 41.1 Å². The van der Waals surface area contributed by atoms with Gasteiger partial charge in [0.2, 0.25) is 0 Å². The summed E-state index contributed by atoms with van der Waals surface area (Å²) < 4.78 is 7.74. The number of carbonyl (C=O) groups excluding carboxylic acids is 1. The lowest BCUT2D eigenvalue weighted by atomic mass is 10.2. The Morgan fingerprint density at radius 3 is 2.81 bits per heavy atom. The van der Waals surface area contributed by atoms with Gasteiger partial charge in [0.25, 0.3) is 5.91 Å². The zero-order valence-corrected chi connectivity index (χ0v) is 15.2. The fourth-order valence-electron chi connectivity index (χ4n) is 3.76. The molecule has 2 aromatic heterocycles. The van der Waals surface area contributed by atoms with Crippen LogP contribution < -0.4 is 0 Å². The van der Waals surface area contributed by atoms with E-state index in [0.29, 0.717) is 24.5 Å². The minimum absolute atomic E-state index is 0.0779. The van der Waals surface area contributed by atoms with Crippen LogP contribution in [0.5, 0.6) is 0 Å². The van der Waals surface area contributed by atoms with Crippen LogP contribution in [-0.4, -0.2) is 50.2 Å². The molecular weight excluding hydrogens is 332 g/mol. The summed E-state index contributed by atoms with van der Waals surface area (Å²) in [5, 5.41) is 14.2. The third-order valence-corrected chi connectivity index (χ3v) is 5.20. The van der Waals surface area contributed by atoms with E-state index in [4.69, 9.17) is 4.42 Å². The Balaban J connectivity index is 1.46. The Bertz CT molecular complexity index is 774. The van der Waals surface area contributed by atoms with Crippen molar-refractivity contribution < 1.29 is 14.3 Å². The van der Waals surface area contributed by atoms with Crippen LogP contribution in [-0.2, 0) is 19.6 Å². The number of aliphatic hydroxyl groups is 1. The fraction of sp³-hybridized carbons (Fsp3) is 0.579. The fourth-order valence-corrected chi connectivity index (χ4v) is 3.76.